The average Bonchev–Trinajstić information content (AvgIpc) is 2.94. The van der Waals surface area contributed by atoms with Crippen LogP contribution in [-0.4, -0.2) is 42.2 Å². The molecule has 0 unspecified atom stereocenters. The molecule has 2 rings (SSSR count). The Morgan fingerprint density at radius 2 is 2.05 bits per heavy atom. The molecule has 1 aromatic carbocycles. The van der Waals surface area contributed by atoms with E-state index in [-0.39, 0.29) is 6.61 Å². The van der Waals surface area contributed by atoms with Crippen molar-refractivity contribution >= 4 is 11.7 Å². The van der Waals surface area contributed by atoms with Crippen molar-refractivity contribution in [1.82, 2.24) is 15.5 Å². The number of ether oxygens (including phenoxy) is 1. The minimum absolute atomic E-state index is 0.149. The van der Waals surface area contributed by atoms with Crippen LogP contribution in [-0.2, 0) is 17.7 Å². The molecule has 1 aromatic heterocycles. The van der Waals surface area contributed by atoms with E-state index in [4.69, 9.17) is 14.3 Å². The molecule has 0 saturated carbocycles. The Morgan fingerprint density at radius 3 is 2.76 bits per heavy atom. The van der Waals surface area contributed by atoms with Gasteiger partial charge in [0, 0.05) is 25.9 Å². The van der Waals surface area contributed by atoms with Gasteiger partial charge in [0.1, 0.15) is 0 Å². The Labute approximate surface area is 123 Å². The van der Waals surface area contributed by atoms with Gasteiger partial charge in [0.25, 0.3) is 0 Å². The number of methoxy groups -OCH3 is 1. The predicted molar refractivity (Wildman–Crippen MR) is 78.4 cm³/mol. The fraction of sp³-hybridized carbons (Fsp3) is 0.429. The van der Waals surface area contributed by atoms with E-state index in [1.165, 1.54) is 0 Å². The standard InChI is InChI=1S/C14H20N4O3/c1-20-9-7-15-10-13-17-18-14(21-13)16-12-4-2-11(3-5-12)6-8-19/h2-5,15,19H,6-10H2,1H3,(H,16,18). The molecule has 0 aliphatic heterocycles. The molecule has 0 amide bonds. The lowest BCUT2D eigenvalue weighted by molar-refractivity contribution is 0.198. The zero-order valence-corrected chi connectivity index (χ0v) is 12.0. The first-order valence-corrected chi connectivity index (χ1v) is 6.80. The van der Waals surface area contributed by atoms with E-state index >= 15 is 0 Å². The Hall–Kier alpha value is -1.96. The number of anilines is 2. The molecule has 0 aliphatic rings. The first-order valence-electron chi connectivity index (χ1n) is 6.80. The Morgan fingerprint density at radius 1 is 1.24 bits per heavy atom. The van der Waals surface area contributed by atoms with E-state index in [2.05, 4.69) is 20.8 Å². The third-order valence-electron chi connectivity index (χ3n) is 2.83. The number of hydrogen-bond donors (Lipinski definition) is 3. The molecule has 7 heteroatoms. The number of hydrogen-bond acceptors (Lipinski definition) is 7. The molecule has 0 aliphatic carbocycles. The third-order valence-corrected chi connectivity index (χ3v) is 2.83. The second kappa shape index (κ2) is 8.35. The fourth-order valence-corrected chi connectivity index (χ4v) is 1.75. The predicted octanol–water partition coefficient (Wildman–Crippen LogP) is 1.08. The van der Waals surface area contributed by atoms with Crippen molar-refractivity contribution in [2.75, 3.05) is 32.2 Å². The van der Waals surface area contributed by atoms with Crippen molar-refractivity contribution in [1.29, 1.82) is 0 Å². The lowest BCUT2D eigenvalue weighted by atomic mass is 10.1. The molecule has 0 spiro atoms. The van der Waals surface area contributed by atoms with Gasteiger partial charge in [-0.1, -0.05) is 17.2 Å². The summed E-state index contributed by atoms with van der Waals surface area (Å²) >= 11 is 0. The van der Waals surface area contributed by atoms with E-state index in [1.807, 2.05) is 24.3 Å². The molecule has 0 atom stereocenters. The van der Waals surface area contributed by atoms with Crippen molar-refractivity contribution in [3.8, 4) is 0 Å². The van der Waals surface area contributed by atoms with Crippen molar-refractivity contribution in [3.05, 3.63) is 35.7 Å². The SMILES string of the molecule is COCCNCc1nnc(Nc2ccc(CCO)cc2)o1. The fourth-order valence-electron chi connectivity index (χ4n) is 1.75. The molecular weight excluding hydrogens is 272 g/mol. The smallest absolute Gasteiger partial charge is 0.320 e. The average molecular weight is 292 g/mol. The van der Waals surface area contributed by atoms with Gasteiger partial charge in [-0.15, -0.1) is 5.10 Å². The highest BCUT2D eigenvalue weighted by molar-refractivity contribution is 5.52. The van der Waals surface area contributed by atoms with Crippen molar-refractivity contribution < 1.29 is 14.3 Å². The lowest BCUT2D eigenvalue weighted by Gasteiger charge is -2.03. The van der Waals surface area contributed by atoms with Gasteiger partial charge in [0.05, 0.1) is 13.2 Å². The first kappa shape index (κ1) is 15.4. The summed E-state index contributed by atoms with van der Waals surface area (Å²) in [5.74, 6) is 0.519. The van der Waals surface area contributed by atoms with Gasteiger partial charge in [0.2, 0.25) is 5.89 Å². The van der Waals surface area contributed by atoms with Crippen LogP contribution in [0.1, 0.15) is 11.5 Å². The minimum Gasteiger partial charge on any atom is -0.406 e. The summed E-state index contributed by atoms with van der Waals surface area (Å²) in [6, 6.07) is 8.07. The normalized spacial score (nSPS) is 10.8. The highest BCUT2D eigenvalue weighted by atomic mass is 16.5. The summed E-state index contributed by atoms with van der Waals surface area (Å²) in [6.07, 6.45) is 0.651. The van der Waals surface area contributed by atoms with E-state index in [0.717, 1.165) is 17.8 Å². The second-order valence-electron chi connectivity index (χ2n) is 4.47. The summed E-state index contributed by atoms with van der Waals surface area (Å²) in [5.41, 5.74) is 1.94. The van der Waals surface area contributed by atoms with Crippen LogP contribution < -0.4 is 10.6 Å². The third kappa shape index (κ3) is 5.14. The topological polar surface area (TPSA) is 92.4 Å². The minimum atomic E-state index is 0.149. The maximum absolute atomic E-state index is 8.87. The Balaban J connectivity index is 1.84. The van der Waals surface area contributed by atoms with Crippen molar-refractivity contribution in [3.63, 3.8) is 0 Å². The first-order chi connectivity index (χ1) is 10.3. The molecule has 21 heavy (non-hydrogen) atoms. The Kier molecular flexibility index (Phi) is 6.14. The highest BCUT2D eigenvalue weighted by Gasteiger charge is 2.05. The number of rotatable bonds is 9. The van der Waals surface area contributed by atoms with Crippen LogP contribution in [0.4, 0.5) is 11.7 Å². The van der Waals surface area contributed by atoms with Crippen LogP contribution in [0.25, 0.3) is 0 Å². The number of aromatic nitrogens is 2. The lowest BCUT2D eigenvalue weighted by Crippen LogP contribution is -2.18. The van der Waals surface area contributed by atoms with E-state index in [9.17, 15) is 0 Å². The van der Waals surface area contributed by atoms with Gasteiger partial charge in [-0.3, -0.25) is 0 Å². The van der Waals surface area contributed by atoms with Gasteiger partial charge < -0.3 is 24.9 Å². The maximum Gasteiger partial charge on any atom is 0.320 e. The van der Waals surface area contributed by atoms with Gasteiger partial charge in [0.15, 0.2) is 0 Å². The van der Waals surface area contributed by atoms with E-state index in [1.54, 1.807) is 7.11 Å². The number of benzene rings is 1. The summed E-state index contributed by atoms with van der Waals surface area (Å²) in [7, 11) is 1.65. The molecular formula is C14H20N4O3. The van der Waals surface area contributed by atoms with Gasteiger partial charge in [-0.25, -0.2) is 0 Å². The molecule has 0 saturated heterocycles. The molecule has 7 nitrogen and oxygen atoms in total. The zero-order chi connectivity index (χ0) is 14.9. The summed E-state index contributed by atoms with van der Waals surface area (Å²) < 4.78 is 10.4. The van der Waals surface area contributed by atoms with Crippen LogP contribution in [0.15, 0.2) is 28.7 Å². The van der Waals surface area contributed by atoms with Gasteiger partial charge in [-0.05, 0) is 24.1 Å². The van der Waals surface area contributed by atoms with Gasteiger partial charge in [-0.2, -0.15) is 0 Å². The van der Waals surface area contributed by atoms with Crippen LogP contribution in [0.5, 0.6) is 0 Å². The zero-order valence-electron chi connectivity index (χ0n) is 12.0. The number of nitrogens with one attached hydrogen (secondary N) is 2. The summed E-state index contributed by atoms with van der Waals surface area (Å²) in [5, 5.41) is 22.9. The van der Waals surface area contributed by atoms with Crippen LogP contribution in [0.3, 0.4) is 0 Å². The van der Waals surface area contributed by atoms with Gasteiger partial charge >= 0.3 is 6.01 Å². The van der Waals surface area contributed by atoms with Crippen molar-refractivity contribution in [2.45, 2.75) is 13.0 Å². The molecule has 1 heterocycles. The van der Waals surface area contributed by atoms with Crippen LogP contribution in [0, 0.1) is 0 Å². The molecule has 0 radical (unpaired) electrons. The summed E-state index contributed by atoms with van der Waals surface area (Å²) in [6.45, 7) is 2.02. The molecule has 0 bridgehead atoms. The molecule has 3 N–H and O–H groups in total. The monoisotopic (exact) mass is 292 g/mol. The van der Waals surface area contributed by atoms with Crippen LogP contribution >= 0.6 is 0 Å². The number of nitrogens with zero attached hydrogens (tertiary/aromatic N) is 2. The quantitative estimate of drug-likeness (QED) is 0.596. The van der Waals surface area contributed by atoms with Crippen LogP contribution in [0.2, 0.25) is 0 Å². The molecule has 114 valence electrons. The highest BCUT2D eigenvalue weighted by Crippen LogP contribution is 2.16. The summed E-state index contributed by atoms with van der Waals surface area (Å²) in [4.78, 5) is 0. The van der Waals surface area contributed by atoms with E-state index < -0.39 is 0 Å². The van der Waals surface area contributed by atoms with Crippen molar-refractivity contribution in [2.24, 2.45) is 0 Å². The number of aliphatic hydroxyl groups is 1. The molecule has 2 aromatic rings. The largest absolute Gasteiger partial charge is 0.406 e. The number of aliphatic hydroxyl groups excluding tert-OH is 1. The molecule has 0 fully saturated rings. The maximum atomic E-state index is 8.87. The second-order valence-corrected chi connectivity index (χ2v) is 4.47. The van der Waals surface area contributed by atoms with E-state index in [0.29, 0.717) is 31.5 Å². The Bertz CT molecular complexity index is 527.